The highest BCUT2D eigenvalue weighted by Gasteiger charge is 2.27. The van der Waals surface area contributed by atoms with Crippen molar-refractivity contribution in [1.82, 2.24) is 9.21 Å². The highest BCUT2D eigenvalue weighted by molar-refractivity contribution is 7.89. The van der Waals surface area contributed by atoms with Gasteiger partial charge in [0.25, 0.3) is 0 Å². The van der Waals surface area contributed by atoms with Crippen molar-refractivity contribution in [2.24, 2.45) is 11.7 Å². The van der Waals surface area contributed by atoms with Gasteiger partial charge in [0.1, 0.15) is 0 Å². The van der Waals surface area contributed by atoms with Gasteiger partial charge in [0.2, 0.25) is 15.9 Å². The van der Waals surface area contributed by atoms with Gasteiger partial charge >= 0.3 is 0 Å². The lowest BCUT2D eigenvalue weighted by Crippen LogP contribution is -2.46. The number of nitrogens with two attached hydrogens (primary N) is 1. The molecule has 1 aliphatic heterocycles. The molecule has 0 spiro atoms. The van der Waals surface area contributed by atoms with Crippen molar-refractivity contribution in [3.05, 3.63) is 0 Å². The fraction of sp³-hybridized carbons (Fsp3) is 0.917. The topological polar surface area (TPSA) is 83.7 Å². The first-order valence-electron chi connectivity index (χ1n) is 6.75. The largest absolute Gasteiger partial charge is 0.342 e. The van der Waals surface area contributed by atoms with Gasteiger partial charge in [0.15, 0.2) is 0 Å². The summed E-state index contributed by atoms with van der Waals surface area (Å²) in [4.78, 5) is 13.8. The smallest absolute Gasteiger partial charge is 0.237 e. The molecule has 1 unspecified atom stereocenters. The van der Waals surface area contributed by atoms with Gasteiger partial charge in [-0.1, -0.05) is 0 Å². The Morgan fingerprint density at radius 2 is 1.95 bits per heavy atom. The highest BCUT2D eigenvalue weighted by Crippen LogP contribution is 2.19. The second-order valence-electron chi connectivity index (χ2n) is 5.23. The van der Waals surface area contributed by atoms with Crippen LogP contribution in [0, 0.1) is 5.92 Å². The zero-order chi connectivity index (χ0) is 14.6. The third kappa shape index (κ3) is 4.43. The molecule has 1 rings (SSSR count). The Bertz CT molecular complexity index is 400. The van der Waals surface area contributed by atoms with Crippen LogP contribution in [0.3, 0.4) is 0 Å². The molecule has 0 aromatic carbocycles. The SMILES string of the molecule is CCS(=O)(=O)N(C)CC(=O)N1CCC(C(C)N)CC1. The van der Waals surface area contributed by atoms with Gasteiger partial charge in [-0.05, 0) is 32.6 Å². The fourth-order valence-electron chi connectivity index (χ4n) is 2.28. The van der Waals surface area contributed by atoms with Crippen LogP contribution in [0.4, 0.5) is 0 Å². The minimum Gasteiger partial charge on any atom is -0.342 e. The van der Waals surface area contributed by atoms with E-state index in [9.17, 15) is 13.2 Å². The number of piperidine rings is 1. The molecule has 7 heteroatoms. The molecule has 1 saturated heterocycles. The third-order valence-electron chi connectivity index (χ3n) is 3.83. The maximum absolute atomic E-state index is 12.0. The van der Waals surface area contributed by atoms with E-state index in [1.807, 2.05) is 6.92 Å². The molecule has 1 fully saturated rings. The molecular weight excluding hydrogens is 266 g/mol. The van der Waals surface area contributed by atoms with Gasteiger partial charge in [-0.2, -0.15) is 4.31 Å². The Kier molecular flexibility index (Phi) is 5.76. The van der Waals surface area contributed by atoms with Crippen LogP contribution in [-0.2, 0) is 14.8 Å². The van der Waals surface area contributed by atoms with Crippen molar-refractivity contribution in [2.75, 3.05) is 32.4 Å². The molecular formula is C12H25N3O3S. The molecule has 0 aromatic heterocycles. The van der Waals surface area contributed by atoms with E-state index in [1.54, 1.807) is 11.8 Å². The monoisotopic (exact) mass is 291 g/mol. The van der Waals surface area contributed by atoms with E-state index in [1.165, 1.54) is 7.05 Å². The Labute approximate surface area is 116 Å². The lowest BCUT2D eigenvalue weighted by molar-refractivity contribution is -0.132. The fourth-order valence-corrected chi connectivity index (χ4v) is 3.03. The molecule has 112 valence electrons. The van der Waals surface area contributed by atoms with Gasteiger partial charge in [0.05, 0.1) is 12.3 Å². The summed E-state index contributed by atoms with van der Waals surface area (Å²) in [7, 11) is -1.84. The lowest BCUT2D eigenvalue weighted by Gasteiger charge is -2.34. The number of carbonyl (C=O) groups excluding carboxylic acids is 1. The molecule has 0 saturated carbocycles. The van der Waals surface area contributed by atoms with Crippen LogP contribution in [0.2, 0.25) is 0 Å². The lowest BCUT2D eigenvalue weighted by atomic mass is 9.91. The molecule has 1 heterocycles. The Balaban J connectivity index is 2.48. The summed E-state index contributed by atoms with van der Waals surface area (Å²) in [5.74, 6) is 0.354. The van der Waals surface area contributed by atoms with E-state index >= 15 is 0 Å². The van der Waals surface area contributed by atoms with Gasteiger partial charge in [-0.3, -0.25) is 4.79 Å². The van der Waals surface area contributed by atoms with E-state index < -0.39 is 10.0 Å². The first-order valence-corrected chi connectivity index (χ1v) is 8.36. The predicted molar refractivity (Wildman–Crippen MR) is 75.0 cm³/mol. The molecule has 0 bridgehead atoms. The van der Waals surface area contributed by atoms with E-state index in [4.69, 9.17) is 5.73 Å². The average molecular weight is 291 g/mol. The summed E-state index contributed by atoms with van der Waals surface area (Å²) in [5.41, 5.74) is 5.85. The van der Waals surface area contributed by atoms with Gasteiger partial charge in [-0.25, -0.2) is 8.42 Å². The van der Waals surface area contributed by atoms with Crippen LogP contribution in [-0.4, -0.2) is 62.0 Å². The number of nitrogens with zero attached hydrogens (tertiary/aromatic N) is 2. The number of hydrogen-bond donors (Lipinski definition) is 1. The first kappa shape index (κ1) is 16.4. The molecule has 0 radical (unpaired) electrons. The quantitative estimate of drug-likeness (QED) is 0.764. The molecule has 0 aliphatic carbocycles. The van der Waals surface area contributed by atoms with Crippen molar-refractivity contribution in [3.8, 4) is 0 Å². The first-order chi connectivity index (χ1) is 8.77. The molecule has 19 heavy (non-hydrogen) atoms. The van der Waals surface area contributed by atoms with Crippen molar-refractivity contribution in [2.45, 2.75) is 32.7 Å². The molecule has 0 aromatic rings. The Morgan fingerprint density at radius 1 is 1.42 bits per heavy atom. The van der Waals surface area contributed by atoms with Crippen molar-refractivity contribution < 1.29 is 13.2 Å². The van der Waals surface area contributed by atoms with E-state index in [2.05, 4.69) is 0 Å². The number of rotatable bonds is 5. The third-order valence-corrected chi connectivity index (χ3v) is 5.64. The van der Waals surface area contributed by atoms with Gasteiger partial charge in [0, 0.05) is 26.2 Å². The van der Waals surface area contributed by atoms with E-state index in [0.29, 0.717) is 19.0 Å². The van der Waals surface area contributed by atoms with Crippen LogP contribution in [0.5, 0.6) is 0 Å². The zero-order valence-corrected chi connectivity index (χ0v) is 12.8. The number of hydrogen-bond acceptors (Lipinski definition) is 4. The highest BCUT2D eigenvalue weighted by atomic mass is 32.2. The van der Waals surface area contributed by atoms with Crippen molar-refractivity contribution in [1.29, 1.82) is 0 Å². The zero-order valence-electron chi connectivity index (χ0n) is 12.0. The Morgan fingerprint density at radius 3 is 2.37 bits per heavy atom. The van der Waals surface area contributed by atoms with E-state index in [-0.39, 0.29) is 24.2 Å². The predicted octanol–water partition coefficient (Wildman–Crippen LogP) is -0.146. The van der Waals surface area contributed by atoms with Crippen molar-refractivity contribution in [3.63, 3.8) is 0 Å². The van der Waals surface area contributed by atoms with Gasteiger partial charge in [-0.15, -0.1) is 0 Å². The number of carbonyl (C=O) groups is 1. The second kappa shape index (κ2) is 6.67. The minimum atomic E-state index is -3.29. The number of likely N-dealkylation sites (N-methyl/N-ethyl adjacent to an activating group) is 1. The van der Waals surface area contributed by atoms with Crippen LogP contribution in [0.25, 0.3) is 0 Å². The molecule has 1 atom stereocenters. The summed E-state index contributed by atoms with van der Waals surface area (Å²) < 4.78 is 24.3. The van der Waals surface area contributed by atoms with Gasteiger partial charge < -0.3 is 10.6 Å². The Hall–Kier alpha value is -0.660. The summed E-state index contributed by atoms with van der Waals surface area (Å²) in [5, 5.41) is 0. The average Bonchev–Trinajstić information content (AvgIpc) is 2.38. The van der Waals surface area contributed by atoms with Crippen LogP contribution >= 0.6 is 0 Å². The number of sulfonamides is 1. The number of amides is 1. The van der Waals surface area contributed by atoms with E-state index in [0.717, 1.165) is 17.1 Å². The molecule has 1 amide bonds. The van der Waals surface area contributed by atoms with Crippen LogP contribution < -0.4 is 5.73 Å². The molecule has 1 aliphatic rings. The summed E-state index contributed by atoms with van der Waals surface area (Å²) >= 11 is 0. The number of likely N-dealkylation sites (tertiary alicyclic amines) is 1. The standard InChI is InChI=1S/C12H25N3O3S/c1-4-19(17,18)14(3)9-12(16)15-7-5-11(6-8-15)10(2)13/h10-11H,4-9,13H2,1-3H3. The summed E-state index contributed by atoms with van der Waals surface area (Å²) in [6.45, 7) is 4.84. The maximum Gasteiger partial charge on any atom is 0.237 e. The van der Waals surface area contributed by atoms with Crippen LogP contribution in [0.1, 0.15) is 26.7 Å². The minimum absolute atomic E-state index is 0.0174. The second-order valence-corrected chi connectivity index (χ2v) is 7.60. The molecule has 6 nitrogen and oxygen atoms in total. The summed E-state index contributed by atoms with van der Waals surface area (Å²) in [6.07, 6.45) is 1.79. The normalized spacial score (nSPS) is 19.7. The van der Waals surface area contributed by atoms with Crippen LogP contribution in [0.15, 0.2) is 0 Å². The maximum atomic E-state index is 12.0. The molecule has 2 N–H and O–H groups in total. The summed E-state index contributed by atoms with van der Waals surface area (Å²) in [6, 6.07) is 0.153. The van der Waals surface area contributed by atoms with Crippen molar-refractivity contribution >= 4 is 15.9 Å².